The Morgan fingerprint density at radius 3 is 2.40 bits per heavy atom. The molecule has 0 bridgehead atoms. The molecular formula is C10H17NO4. The van der Waals surface area contributed by atoms with Crippen molar-refractivity contribution >= 4 is 18.2 Å². The molecule has 0 aromatic heterocycles. The molecule has 0 spiro atoms. The summed E-state index contributed by atoms with van der Waals surface area (Å²) in [5, 5.41) is 0. The number of rotatable bonds is 7. The van der Waals surface area contributed by atoms with E-state index in [0.29, 0.717) is 19.4 Å². The molecule has 0 saturated heterocycles. The van der Waals surface area contributed by atoms with Crippen molar-refractivity contribution in [3.05, 3.63) is 0 Å². The summed E-state index contributed by atoms with van der Waals surface area (Å²) in [6.07, 6.45) is 0.842. The van der Waals surface area contributed by atoms with Gasteiger partial charge in [-0.2, -0.15) is 0 Å². The number of nitrogens with zero attached hydrogens (tertiary/aromatic N) is 1. The molecule has 0 saturated carbocycles. The summed E-state index contributed by atoms with van der Waals surface area (Å²) in [6.45, 7) is 4.37. The standard InChI is InChI=1S/C10H17NO4/c1-3-11(7-8-12)9(13)5-6-10(14)15-4-2/h8H,3-7H2,1-2H3. The molecule has 0 N–H and O–H groups in total. The van der Waals surface area contributed by atoms with Crippen LogP contribution in [-0.4, -0.2) is 42.8 Å². The Labute approximate surface area is 89.4 Å². The smallest absolute Gasteiger partial charge is 0.306 e. The lowest BCUT2D eigenvalue weighted by molar-refractivity contribution is -0.145. The molecule has 86 valence electrons. The van der Waals surface area contributed by atoms with Crippen molar-refractivity contribution in [1.29, 1.82) is 0 Å². The minimum Gasteiger partial charge on any atom is -0.466 e. The highest BCUT2D eigenvalue weighted by molar-refractivity contribution is 5.82. The highest BCUT2D eigenvalue weighted by Crippen LogP contribution is 1.99. The highest BCUT2D eigenvalue weighted by atomic mass is 16.5. The zero-order valence-electron chi connectivity index (χ0n) is 9.19. The second kappa shape index (κ2) is 7.96. The van der Waals surface area contributed by atoms with Gasteiger partial charge in [-0.15, -0.1) is 0 Å². The van der Waals surface area contributed by atoms with Gasteiger partial charge in [0.2, 0.25) is 5.91 Å². The van der Waals surface area contributed by atoms with Crippen molar-refractivity contribution in [2.75, 3.05) is 19.7 Å². The van der Waals surface area contributed by atoms with Crippen molar-refractivity contribution in [3.63, 3.8) is 0 Å². The van der Waals surface area contributed by atoms with Gasteiger partial charge in [0.25, 0.3) is 0 Å². The van der Waals surface area contributed by atoms with E-state index in [9.17, 15) is 14.4 Å². The van der Waals surface area contributed by atoms with Crippen LogP contribution in [-0.2, 0) is 19.1 Å². The SMILES string of the molecule is CCOC(=O)CCC(=O)N(CC)CC=O. The number of carbonyl (C=O) groups excluding carboxylic acids is 3. The molecule has 0 unspecified atom stereocenters. The van der Waals surface area contributed by atoms with Crippen LogP contribution >= 0.6 is 0 Å². The molecule has 0 rings (SSSR count). The normalized spacial score (nSPS) is 9.47. The van der Waals surface area contributed by atoms with E-state index in [4.69, 9.17) is 0 Å². The van der Waals surface area contributed by atoms with E-state index in [0.717, 1.165) is 0 Å². The second-order valence-corrected chi connectivity index (χ2v) is 2.90. The van der Waals surface area contributed by atoms with Gasteiger partial charge in [-0.25, -0.2) is 0 Å². The zero-order valence-corrected chi connectivity index (χ0v) is 9.19. The summed E-state index contributed by atoms with van der Waals surface area (Å²) in [5.74, 6) is -0.578. The van der Waals surface area contributed by atoms with Gasteiger partial charge in [0.15, 0.2) is 0 Å². The Balaban J connectivity index is 3.89. The van der Waals surface area contributed by atoms with E-state index in [-0.39, 0.29) is 31.3 Å². The molecule has 0 fully saturated rings. The number of carbonyl (C=O) groups is 3. The van der Waals surface area contributed by atoms with Crippen LogP contribution in [0.4, 0.5) is 0 Å². The summed E-state index contributed by atoms with van der Waals surface area (Å²) in [4.78, 5) is 34.0. The lowest BCUT2D eigenvalue weighted by Crippen LogP contribution is -2.32. The summed E-state index contributed by atoms with van der Waals surface area (Å²) in [6, 6.07) is 0. The molecule has 0 heterocycles. The van der Waals surface area contributed by atoms with E-state index in [1.165, 1.54) is 4.90 Å². The predicted octanol–water partition coefficient (Wildman–Crippen LogP) is 0.377. The third-order valence-electron chi connectivity index (χ3n) is 1.88. The predicted molar refractivity (Wildman–Crippen MR) is 54.2 cm³/mol. The first-order chi connectivity index (χ1) is 7.15. The molecular weight excluding hydrogens is 198 g/mol. The van der Waals surface area contributed by atoms with Gasteiger partial charge in [0, 0.05) is 13.0 Å². The van der Waals surface area contributed by atoms with Crippen molar-refractivity contribution in [1.82, 2.24) is 4.90 Å². The zero-order chi connectivity index (χ0) is 11.7. The van der Waals surface area contributed by atoms with Gasteiger partial charge in [-0.3, -0.25) is 9.59 Å². The van der Waals surface area contributed by atoms with Gasteiger partial charge in [-0.1, -0.05) is 0 Å². The maximum Gasteiger partial charge on any atom is 0.306 e. The van der Waals surface area contributed by atoms with Crippen molar-refractivity contribution in [3.8, 4) is 0 Å². The average molecular weight is 215 g/mol. The first-order valence-electron chi connectivity index (χ1n) is 5.02. The molecule has 0 atom stereocenters. The maximum absolute atomic E-state index is 11.4. The fourth-order valence-corrected chi connectivity index (χ4v) is 1.10. The summed E-state index contributed by atoms with van der Waals surface area (Å²) < 4.78 is 4.69. The molecule has 0 aliphatic carbocycles. The first kappa shape index (κ1) is 13.6. The molecule has 0 aromatic carbocycles. The van der Waals surface area contributed by atoms with E-state index in [2.05, 4.69) is 4.74 Å². The van der Waals surface area contributed by atoms with Crippen LogP contribution in [0.1, 0.15) is 26.7 Å². The van der Waals surface area contributed by atoms with Crippen molar-refractivity contribution in [2.24, 2.45) is 0 Å². The van der Waals surface area contributed by atoms with Crippen molar-refractivity contribution in [2.45, 2.75) is 26.7 Å². The third kappa shape index (κ3) is 5.83. The van der Waals surface area contributed by atoms with Gasteiger partial charge >= 0.3 is 5.97 Å². The Morgan fingerprint density at radius 2 is 1.93 bits per heavy atom. The molecule has 5 nitrogen and oxygen atoms in total. The van der Waals surface area contributed by atoms with Crippen LogP contribution in [0.3, 0.4) is 0 Å². The lowest BCUT2D eigenvalue weighted by Gasteiger charge is -2.17. The molecule has 0 aliphatic rings. The monoisotopic (exact) mass is 215 g/mol. The van der Waals surface area contributed by atoms with E-state index in [1.807, 2.05) is 0 Å². The lowest BCUT2D eigenvalue weighted by atomic mass is 10.2. The number of amides is 1. The van der Waals surface area contributed by atoms with Gasteiger partial charge in [-0.05, 0) is 13.8 Å². The first-order valence-corrected chi connectivity index (χ1v) is 5.02. The Morgan fingerprint density at radius 1 is 1.27 bits per heavy atom. The van der Waals surface area contributed by atoms with Gasteiger partial charge in [0.1, 0.15) is 6.29 Å². The molecule has 0 aromatic rings. The van der Waals surface area contributed by atoms with E-state index >= 15 is 0 Å². The fraction of sp³-hybridized carbons (Fsp3) is 0.700. The minimum atomic E-state index is -0.381. The summed E-state index contributed by atoms with van der Waals surface area (Å²) >= 11 is 0. The molecule has 5 heteroatoms. The van der Waals surface area contributed by atoms with E-state index < -0.39 is 0 Å². The quantitative estimate of drug-likeness (QED) is 0.455. The van der Waals surface area contributed by atoms with Crippen LogP contribution in [0.25, 0.3) is 0 Å². The van der Waals surface area contributed by atoms with Crippen LogP contribution in [0.15, 0.2) is 0 Å². The molecule has 0 radical (unpaired) electrons. The van der Waals surface area contributed by atoms with Crippen LogP contribution < -0.4 is 0 Å². The Bertz CT molecular complexity index is 227. The minimum absolute atomic E-state index is 0.0715. The van der Waals surface area contributed by atoms with Gasteiger partial charge < -0.3 is 14.4 Å². The van der Waals surface area contributed by atoms with E-state index in [1.54, 1.807) is 13.8 Å². The number of hydrogen-bond acceptors (Lipinski definition) is 4. The number of esters is 1. The molecule has 1 amide bonds. The van der Waals surface area contributed by atoms with Crippen molar-refractivity contribution < 1.29 is 19.1 Å². The third-order valence-corrected chi connectivity index (χ3v) is 1.88. The highest BCUT2D eigenvalue weighted by Gasteiger charge is 2.13. The molecule has 15 heavy (non-hydrogen) atoms. The summed E-state index contributed by atoms with van der Waals surface area (Å²) in [5.41, 5.74) is 0. The second-order valence-electron chi connectivity index (χ2n) is 2.90. The number of hydrogen-bond donors (Lipinski definition) is 0. The summed E-state index contributed by atoms with van der Waals surface area (Å²) in [7, 11) is 0. The average Bonchev–Trinajstić information content (AvgIpc) is 2.23. The largest absolute Gasteiger partial charge is 0.466 e. The fourth-order valence-electron chi connectivity index (χ4n) is 1.10. The van der Waals surface area contributed by atoms with Crippen LogP contribution in [0.2, 0.25) is 0 Å². The Hall–Kier alpha value is -1.39. The number of aldehydes is 1. The topological polar surface area (TPSA) is 63.7 Å². The maximum atomic E-state index is 11.4. The number of likely N-dealkylation sites (N-methyl/N-ethyl adjacent to an activating group) is 1. The van der Waals surface area contributed by atoms with Crippen LogP contribution in [0, 0.1) is 0 Å². The number of ether oxygens (including phenoxy) is 1. The molecule has 0 aliphatic heterocycles. The van der Waals surface area contributed by atoms with Crippen LogP contribution in [0.5, 0.6) is 0 Å². The Kier molecular flexibility index (Phi) is 7.23. The van der Waals surface area contributed by atoms with Gasteiger partial charge in [0.05, 0.1) is 19.6 Å².